The summed E-state index contributed by atoms with van der Waals surface area (Å²) in [5, 5.41) is 18.4. The number of hydrogen-bond donors (Lipinski definition) is 3. The van der Waals surface area contributed by atoms with E-state index in [1.54, 1.807) is 6.20 Å². The molecule has 0 atom stereocenters. The molecule has 1 aliphatic carbocycles. The summed E-state index contributed by atoms with van der Waals surface area (Å²) in [7, 11) is 0. The Morgan fingerprint density at radius 2 is 1.89 bits per heavy atom. The van der Waals surface area contributed by atoms with Crippen molar-refractivity contribution < 1.29 is 5.11 Å². The molecule has 1 aliphatic rings. The maximum atomic E-state index is 10.7. The van der Waals surface area contributed by atoms with Crippen LogP contribution in [-0.4, -0.2) is 25.3 Å². The van der Waals surface area contributed by atoms with Gasteiger partial charge in [0, 0.05) is 16.2 Å². The quantitative estimate of drug-likeness (QED) is 0.499. The highest BCUT2D eigenvalue weighted by molar-refractivity contribution is 6.33. The molecule has 1 aromatic carbocycles. The van der Waals surface area contributed by atoms with Gasteiger partial charge in [-0.3, -0.25) is 5.10 Å². The fraction of sp³-hybridized carbons (Fsp3) is 0.182. The monoisotopic (exact) mass is 394 g/mol. The van der Waals surface area contributed by atoms with Crippen molar-refractivity contribution in [3.05, 3.63) is 71.6 Å². The molecule has 0 spiro atoms. The number of rotatable bonds is 3. The zero-order valence-corrected chi connectivity index (χ0v) is 16.7. The molecule has 0 saturated heterocycles. The first kappa shape index (κ1) is 19.7. The Morgan fingerprint density at radius 1 is 1.11 bits per heavy atom. The summed E-state index contributed by atoms with van der Waals surface area (Å²) in [5.41, 5.74) is 3.41. The van der Waals surface area contributed by atoms with Crippen LogP contribution in [0.3, 0.4) is 0 Å². The van der Waals surface area contributed by atoms with Crippen molar-refractivity contribution in [2.24, 2.45) is 0 Å². The van der Waals surface area contributed by atoms with E-state index in [0.29, 0.717) is 22.2 Å². The molecule has 5 nitrogen and oxygen atoms in total. The van der Waals surface area contributed by atoms with Gasteiger partial charge in [0.2, 0.25) is 0 Å². The minimum atomic E-state index is 0.0648. The Morgan fingerprint density at radius 3 is 2.71 bits per heavy atom. The van der Waals surface area contributed by atoms with Gasteiger partial charge in [-0.05, 0) is 18.9 Å². The lowest BCUT2D eigenvalue weighted by atomic mass is 10.1. The van der Waals surface area contributed by atoms with Gasteiger partial charge < -0.3 is 10.1 Å². The highest BCUT2D eigenvalue weighted by Crippen LogP contribution is 2.34. The van der Waals surface area contributed by atoms with Gasteiger partial charge in [-0.15, -0.1) is 0 Å². The van der Waals surface area contributed by atoms with Gasteiger partial charge in [0.1, 0.15) is 11.4 Å². The second kappa shape index (κ2) is 9.24. The van der Waals surface area contributed by atoms with Crippen LogP contribution in [0.15, 0.2) is 60.8 Å². The maximum absolute atomic E-state index is 10.7. The predicted octanol–water partition coefficient (Wildman–Crippen LogP) is 6.14. The largest absolute Gasteiger partial charge is 0.504 e. The maximum Gasteiger partial charge on any atom is 0.172 e. The van der Waals surface area contributed by atoms with Crippen LogP contribution in [0.1, 0.15) is 32.4 Å². The van der Waals surface area contributed by atoms with Crippen molar-refractivity contribution >= 4 is 17.2 Å². The van der Waals surface area contributed by atoms with Crippen molar-refractivity contribution in [1.82, 2.24) is 20.2 Å². The third kappa shape index (κ3) is 4.10. The molecule has 0 saturated carbocycles. The van der Waals surface area contributed by atoms with Crippen molar-refractivity contribution in [2.45, 2.75) is 26.7 Å². The number of nitrogens with one attached hydrogen (secondary N) is 2. The number of imidazole rings is 1. The number of benzene rings is 1. The molecule has 6 heteroatoms. The first-order valence-electron chi connectivity index (χ1n) is 9.35. The smallest absolute Gasteiger partial charge is 0.172 e. The molecule has 144 valence electrons. The number of aromatic amines is 2. The molecule has 3 aromatic rings. The molecule has 0 amide bonds. The van der Waals surface area contributed by atoms with Crippen molar-refractivity contribution in [2.75, 3.05) is 0 Å². The summed E-state index contributed by atoms with van der Waals surface area (Å²) < 4.78 is 0. The number of halogens is 1. The summed E-state index contributed by atoms with van der Waals surface area (Å²) in [5.74, 6) is 0.567. The summed E-state index contributed by atoms with van der Waals surface area (Å²) in [6, 6.07) is 7.52. The average molecular weight is 395 g/mol. The van der Waals surface area contributed by atoms with Gasteiger partial charge in [-0.1, -0.05) is 74.0 Å². The van der Waals surface area contributed by atoms with Gasteiger partial charge in [0.05, 0.1) is 11.9 Å². The second-order valence-electron chi connectivity index (χ2n) is 5.95. The van der Waals surface area contributed by atoms with Gasteiger partial charge in [0.15, 0.2) is 11.6 Å². The van der Waals surface area contributed by atoms with Gasteiger partial charge in [-0.2, -0.15) is 5.10 Å². The highest BCUT2D eigenvalue weighted by atomic mass is 35.5. The summed E-state index contributed by atoms with van der Waals surface area (Å²) in [6.07, 6.45) is 13.7. The Balaban J connectivity index is 0.00000109. The van der Waals surface area contributed by atoms with E-state index in [0.717, 1.165) is 29.7 Å². The Bertz CT molecular complexity index is 1030. The molecule has 28 heavy (non-hydrogen) atoms. The predicted molar refractivity (Wildman–Crippen MR) is 115 cm³/mol. The fourth-order valence-electron chi connectivity index (χ4n) is 2.85. The van der Waals surface area contributed by atoms with Crippen LogP contribution in [0.25, 0.3) is 28.3 Å². The number of H-pyrrole nitrogens is 2. The molecule has 0 bridgehead atoms. The van der Waals surface area contributed by atoms with E-state index < -0.39 is 0 Å². The number of aromatic nitrogens is 4. The van der Waals surface area contributed by atoms with E-state index in [1.807, 2.05) is 56.3 Å². The molecular weight excluding hydrogens is 372 g/mol. The van der Waals surface area contributed by atoms with Crippen LogP contribution in [0, 0.1) is 0 Å². The second-order valence-corrected chi connectivity index (χ2v) is 6.36. The lowest BCUT2D eigenvalue weighted by Crippen LogP contribution is -1.84. The molecule has 0 aliphatic heterocycles. The molecule has 3 N–H and O–H groups in total. The van der Waals surface area contributed by atoms with E-state index in [-0.39, 0.29) is 5.75 Å². The van der Waals surface area contributed by atoms with Crippen molar-refractivity contribution in [3.63, 3.8) is 0 Å². The molecule has 2 aromatic heterocycles. The first-order chi connectivity index (χ1) is 13.7. The zero-order valence-electron chi connectivity index (χ0n) is 15.9. The first-order valence-corrected chi connectivity index (χ1v) is 9.73. The van der Waals surface area contributed by atoms with Crippen LogP contribution in [0.2, 0.25) is 5.02 Å². The van der Waals surface area contributed by atoms with Gasteiger partial charge in [-0.25, -0.2) is 4.98 Å². The van der Waals surface area contributed by atoms with Crippen LogP contribution in [0.5, 0.6) is 5.75 Å². The number of aromatic hydroxyl groups is 1. The van der Waals surface area contributed by atoms with Gasteiger partial charge >= 0.3 is 0 Å². The van der Waals surface area contributed by atoms with Crippen molar-refractivity contribution in [1.29, 1.82) is 0 Å². The minimum absolute atomic E-state index is 0.0648. The average Bonchev–Trinajstić information content (AvgIpc) is 3.31. The van der Waals surface area contributed by atoms with Crippen LogP contribution in [-0.2, 0) is 0 Å². The zero-order chi connectivity index (χ0) is 19.9. The fourth-order valence-corrected chi connectivity index (χ4v) is 3.09. The standard InChI is InChI=1S/C20H17ClN4O.C2H6/c21-15-11-7-6-10-14(15)16-12-22-20(23-16)18-19(26)17(24-25-18)13-8-4-2-1-3-5-9-13;1-2/h2,4-12,26H,1,3H2,(H,22,23)(H,24,25);1-2H3/b4-2-,9-5-,13-8+;. The number of allylic oxidation sites excluding steroid dienone is 6. The molecule has 2 heterocycles. The number of nitrogens with zero attached hydrogens (tertiary/aromatic N) is 2. The van der Waals surface area contributed by atoms with E-state index in [4.69, 9.17) is 11.6 Å². The van der Waals surface area contributed by atoms with E-state index in [2.05, 4.69) is 32.3 Å². The van der Waals surface area contributed by atoms with Crippen LogP contribution < -0.4 is 0 Å². The summed E-state index contributed by atoms with van der Waals surface area (Å²) >= 11 is 6.24. The Hall–Kier alpha value is -3.05. The normalized spacial score (nSPS) is 17.5. The molecule has 4 rings (SSSR count). The number of hydrogen-bond acceptors (Lipinski definition) is 3. The summed E-state index contributed by atoms with van der Waals surface area (Å²) in [6.45, 7) is 4.00. The van der Waals surface area contributed by atoms with E-state index >= 15 is 0 Å². The molecule has 0 radical (unpaired) electrons. The highest BCUT2D eigenvalue weighted by Gasteiger charge is 2.18. The van der Waals surface area contributed by atoms with Gasteiger partial charge in [0.25, 0.3) is 0 Å². The molecule has 0 fully saturated rings. The van der Waals surface area contributed by atoms with Crippen LogP contribution in [0.4, 0.5) is 0 Å². The summed E-state index contributed by atoms with van der Waals surface area (Å²) in [4.78, 5) is 7.55. The lowest BCUT2D eigenvalue weighted by Gasteiger charge is -2.01. The third-order valence-corrected chi connectivity index (χ3v) is 4.53. The molecular formula is C22H23ClN4O. The van der Waals surface area contributed by atoms with Crippen LogP contribution >= 0.6 is 11.6 Å². The lowest BCUT2D eigenvalue weighted by molar-refractivity contribution is 0.475. The minimum Gasteiger partial charge on any atom is -0.504 e. The van der Waals surface area contributed by atoms with Crippen molar-refractivity contribution in [3.8, 4) is 28.5 Å². The van der Waals surface area contributed by atoms with E-state index in [1.165, 1.54) is 0 Å². The Labute approximate surface area is 169 Å². The third-order valence-electron chi connectivity index (χ3n) is 4.20. The topological polar surface area (TPSA) is 77.6 Å². The Kier molecular flexibility index (Phi) is 6.50. The molecule has 0 unspecified atom stereocenters. The van der Waals surface area contributed by atoms with E-state index in [9.17, 15) is 5.11 Å². The SMILES string of the molecule is CC.Oc1c(C2=C/C=C\CC/C=C\2)n[nH]c1-c1ncc(-c2ccccc2Cl)[nH]1.